The molecule has 0 aromatic carbocycles. The van der Waals surface area contributed by atoms with Crippen LogP contribution in [0.25, 0.3) is 0 Å². The molecule has 0 aliphatic heterocycles. The molecule has 0 aromatic heterocycles. The number of hydrogen-bond acceptors (Lipinski definition) is 1. The van der Waals surface area contributed by atoms with Gasteiger partial charge in [0.15, 0.2) is 0 Å². The van der Waals surface area contributed by atoms with Crippen LogP contribution in [0.3, 0.4) is 0 Å². The summed E-state index contributed by atoms with van der Waals surface area (Å²) in [5.41, 5.74) is 2.18. The maximum atomic E-state index is 11.4. The van der Waals surface area contributed by atoms with Crippen LogP contribution in [0.5, 0.6) is 0 Å². The van der Waals surface area contributed by atoms with Crippen LogP contribution in [0.2, 0.25) is 0 Å². The van der Waals surface area contributed by atoms with Crippen LogP contribution < -0.4 is 0 Å². The number of ketones is 1. The first kappa shape index (κ1) is 6.60. The highest BCUT2D eigenvalue weighted by atomic mass is 16.1. The first-order chi connectivity index (χ1) is 8.47. The molecule has 0 radical (unpaired) electrons. The van der Waals surface area contributed by atoms with Crippen molar-refractivity contribution in [1.29, 1.82) is 0 Å². The van der Waals surface area contributed by atoms with Crippen LogP contribution >= 0.6 is 0 Å². The predicted octanol–water partition coefficient (Wildman–Crippen LogP) is 4.05. The number of carbonyl (C=O) groups excluding carboxylic acids is 1. The number of carbonyl (C=O) groups is 1. The molecule has 80 valence electrons. The van der Waals surface area contributed by atoms with Gasteiger partial charge in [0.25, 0.3) is 0 Å². The molecule has 0 saturated carbocycles. The van der Waals surface area contributed by atoms with Gasteiger partial charge in [-0.2, -0.15) is 0 Å². The predicted molar refractivity (Wildman–Crippen MR) is 62.3 cm³/mol. The molecule has 0 aliphatic carbocycles. The third kappa shape index (κ3) is 9.24. The van der Waals surface area contributed by atoms with Gasteiger partial charge in [0.2, 0.25) is 0 Å². The fourth-order valence-corrected chi connectivity index (χ4v) is 1.01. The zero-order valence-electron chi connectivity index (χ0n) is 14.2. The third-order valence-corrected chi connectivity index (χ3v) is 1.80. The van der Waals surface area contributed by atoms with E-state index >= 15 is 0 Å². The van der Waals surface area contributed by atoms with Crippen molar-refractivity contribution in [1.82, 2.24) is 0 Å². The van der Waals surface area contributed by atoms with Gasteiger partial charge in [-0.1, -0.05) is 23.3 Å². The number of rotatable bonds is 6. The first-order valence-corrected chi connectivity index (χ1v) is 4.81. The van der Waals surface area contributed by atoms with Gasteiger partial charge in [0.05, 0.1) is 0 Å². The lowest BCUT2D eigenvalue weighted by Crippen LogP contribution is -1.87. The van der Waals surface area contributed by atoms with Crippen LogP contribution in [0.4, 0.5) is 0 Å². The summed E-state index contributed by atoms with van der Waals surface area (Å²) >= 11 is 0. The SMILES string of the molecule is [2H]C([2H])([2H])C(=O)C([2H])([2H])C/C=C(\C)CCC=C(C)C. The summed E-state index contributed by atoms with van der Waals surface area (Å²) in [6.45, 7) is 2.99. The molecule has 0 N–H and O–H groups in total. The van der Waals surface area contributed by atoms with E-state index in [9.17, 15) is 4.79 Å². The zero-order valence-corrected chi connectivity index (χ0v) is 9.18. The molecule has 0 aromatic rings. The van der Waals surface area contributed by atoms with Crippen molar-refractivity contribution in [2.45, 2.75) is 53.3 Å². The average Bonchev–Trinajstić information content (AvgIpc) is 2.23. The highest BCUT2D eigenvalue weighted by Gasteiger charge is 1.92. The second-order valence-corrected chi connectivity index (χ2v) is 3.58. The molecule has 0 atom stereocenters. The molecule has 0 saturated heterocycles. The second kappa shape index (κ2) is 7.54. The Labute approximate surface area is 94.9 Å². The molecule has 0 fully saturated rings. The molecule has 1 nitrogen and oxygen atoms in total. The molecule has 1 heteroatoms. The summed E-state index contributed by atoms with van der Waals surface area (Å²) in [5.74, 6) is -1.33. The molecule has 0 unspecified atom stereocenters. The summed E-state index contributed by atoms with van der Waals surface area (Å²) in [6, 6.07) is 0. The van der Waals surface area contributed by atoms with Gasteiger partial charge < -0.3 is 4.79 Å². The van der Waals surface area contributed by atoms with Crippen molar-refractivity contribution >= 4 is 5.78 Å². The Balaban J connectivity index is 4.52. The largest absolute Gasteiger partial charge is 0.300 e. The Kier molecular flexibility index (Phi) is 3.56. The lowest BCUT2D eigenvalue weighted by Gasteiger charge is -1.98. The van der Waals surface area contributed by atoms with E-state index < -0.39 is 19.0 Å². The quantitative estimate of drug-likeness (QED) is 0.590. The van der Waals surface area contributed by atoms with Crippen molar-refractivity contribution in [3.8, 4) is 0 Å². The topological polar surface area (TPSA) is 17.1 Å². The van der Waals surface area contributed by atoms with E-state index in [1.807, 2.05) is 20.8 Å². The molecule has 14 heavy (non-hydrogen) atoms. The number of hydrogen-bond donors (Lipinski definition) is 0. The summed E-state index contributed by atoms with van der Waals surface area (Å²) in [7, 11) is 0. The van der Waals surface area contributed by atoms with Crippen LogP contribution in [-0.4, -0.2) is 5.78 Å². The van der Waals surface area contributed by atoms with Gasteiger partial charge in [-0.25, -0.2) is 0 Å². The Bertz CT molecular complexity index is 373. The van der Waals surface area contributed by atoms with Crippen LogP contribution in [0, 0.1) is 0 Å². The summed E-state index contributed by atoms with van der Waals surface area (Å²) in [6.07, 6.45) is 2.82. The highest BCUT2D eigenvalue weighted by molar-refractivity contribution is 5.75. The van der Waals surface area contributed by atoms with E-state index in [0.717, 1.165) is 18.4 Å². The minimum atomic E-state index is -2.88. The maximum Gasteiger partial charge on any atom is 0.130 e. The highest BCUT2D eigenvalue weighted by Crippen LogP contribution is 2.08. The standard InChI is InChI=1S/C13H22O/c1-11(2)7-5-8-12(3)9-6-10-13(4)14/h7,9H,5-6,8,10H2,1-4H3/b12-9+/i4D3,10D2. The number of Topliss-reactive ketones (excluding diaryl/α,β-unsaturated/α-hetero) is 1. The maximum absolute atomic E-state index is 11.4. The molecule has 0 bridgehead atoms. The van der Waals surface area contributed by atoms with Crippen LogP contribution in [-0.2, 0) is 4.79 Å². The van der Waals surface area contributed by atoms with E-state index in [0.29, 0.717) is 0 Å². The van der Waals surface area contributed by atoms with Gasteiger partial charge in [-0.3, -0.25) is 0 Å². The molecular weight excluding hydrogens is 172 g/mol. The van der Waals surface area contributed by atoms with E-state index in [1.165, 1.54) is 5.57 Å². The molecule has 0 aliphatic rings. The van der Waals surface area contributed by atoms with Crippen molar-refractivity contribution in [3.63, 3.8) is 0 Å². The number of allylic oxidation sites excluding steroid dienone is 4. The van der Waals surface area contributed by atoms with Crippen LogP contribution in [0.15, 0.2) is 23.3 Å². The first-order valence-electron chi connectivity index (χ1n) is 7.31. The molecular formula is C13H22O. The summed E-state index contributed by atoms with van der Waals surface area (Å²) in [4.78, 5) is 11.4. The van der Waals surface area contributed by atoms with Crippen molar-refractivity contribution < 1.29 is 11.6 Å². The molecule has 0 heterocycles. The lowest BCUT2D eigenvalue weighted by atomic mass is 10.1. The molecule has 0 amide bonds. The van der Waals surface area contributed by atoms with E-state index in [-0.39, 0.29) is 6.42 Å². The minimum Gasteiger partial charge on any atom is -0.300 e. The smallest absolute Gasteiger partial charge is 0.130 e. The lowest BCUT2D eigenvalue weighted by molar-refractivity contribution is -0.116. The second-order valence-electron chi connectivity index (χ2n) is 3.58. The molecule has 0 rings (SSSR count). The fraction of sp³-hybridized carbons (Fsp3) is 0.615. The van der Waals surface area contributed by atoms with Crippen molar-refractivity contribution in [3.05, 3.63) is 23.3 Å². The Morgan fingerprint density at radius 2 is 2.00 bits per heavy atom. The van der Waals surface area contributed by atoms with Gasteiger partial charge in [-0.15, -0.1) is 0 Å². The van der Waals surface area contributed by atoms with Crippen molar-refractivity contribution in [2.75, 3.05) is 0 Å². The van der Waals surface area contributed by atoms with Gasteiger partial charge in [-0.05, 0) is 46.9 Å². The minimum absolute atomic E-state index is 0.190. The fourth-order valence-electron chi connectivity index (χ4n) is 1.01. The normalized spacial score (nSPS) is 18.5. The molecule has 0 spiro atoms. The monoisotopic (exact) mass is 199 g/mol. The third-order valence-electron chi connectivity index (χ3n) is 1.80. The van der Waals surface area contributed by atoms with Crippen molar-refractivity contribution in [2.24, 2.45) is 0 Å². The van der Waals surface area contributed by atoms with E-state index in [1.54, 1.807) is 6.08 Å². The summed E-state index contributed by atoms with van der Waals surface area (Å²) < 4.78 is 35.9. The van der Waals surface area contributed by atoms with Crippen LogP contribution in [0.1, 0.15) is 60.1 Å². The zero-order chi connectivity index (χ0) is 15.3. The average molecular weight is 199 g/mol. The van der Waals surface area contributed by atoms with E-state index in [2.05, 4.69) is 6.08 Å². The van der Waals surface area contributed by atoms with Gasteiger partial charge >= 0.3 is 0 Å². The van der Waals surface area contributed by atoms with Gasteiger partial charge in [0.1, 0.15) is 5.78 Å². The van der Waals surface area contributed by atoms with Gasteiger partial charge in [0, 0.05) is 13.2 Å². The Morgan fingerprint density at radius 3 is 2.57 bits per heavy atom. The Morgan fingerprint density at radius 1 is 1.29 bits per heavy atom. The Hall–Kier alpha value is -0.850. The summed E-state index contributed by atoms with van der Waals surface area (Å²) in [5, 5.41) is 0. The van der Waals surface area contributed by atoms with E-state index in [4.69, 9.17) is 6.85 Å².